The smallest absolute Gasteiger partial charge is 0.255 e. The van der Waals surface area contributed by atoms with Gasteiger partial charge in [0.05, 0.1) is 5.69 Å². The molecule has 2 aromatic carbocycles. The van der Waals surface area contributed by atoms with Crippen LogP contribution in [0, 0.1) is 5.82 Å². The molecule has 1 heterocycles. The summed E-state index contributed by atoms with van der Waals surface area (Å²) in [6.45, 7) is 0. The summed E-state index contributed by atoms with van der Waals surface area (Å²) in [5.74, 6) is -0.912. The van der Waals surface area contributed by atoms with E-state index in [1.165, 1.54) is 6.07 Å². The second kappa shape index (κ2) is 6.27. The molecule has 0 amide bonds. The first-order chi connectivity index (χ1) is 11.0. The second-order valence-corrected chi connectivity index (χ2v) is 7.53. The van der Waals surface area contributed by atoms with Crippen molar-refractivity contribution in [1.82, 2.24) is 4.98 Å². The third-order valence-electron chi connectivity index (χ3n) is 2.98. The van der Waals surface area contributed by atoms with Crippen LogP contribution in [-0.4, -0.2) is 13.4 Å². The SMILES string of the molecule is O=S(=O)(Nc1nc(-c2ccccc2)cs1)c1ccc(Cl)cc1F. The van der Waals surface area contributed by atoms with Crippen molar-refractivity contribution >= 4 is 38.1 Å². The molecule has 8 heteroatoms. The first kappa shape index (κ1) is 15.9. The highest BCUT2D eigenvalue weighted by atomic mass is 35.5. The second-order valence-electron chi connectivity index (χ2n) is 4.58. The van der Waals surface area contributed by atoms with E-state index in [0.717, 1.165) is 29.0 Å². The molecule has 0 saturated carbocycles. The predicted octanol–water partition coefficient (Wildman–Crippen LogP) is 4.40. The summed E-state index contributed by atoms with van der Waals surface area (Å²) in [5.41, 5.74) is 1.51. The summed E-state index contributed by atoms with van der Waals surface area (Å²) in [7, 11) is -4.07. The molecule has 0 spiro atoms. The largest absolute Gasteiger partial charge is 0.266 e. The number of halogens is 2. The molecule has 0 saturated heterocycles. The van der Waals surface area contributed by atoms with Gasteiger partial charge in [0.15, 0.2) is 5.13 Å². The van der Waals surface area contributed by atoms with E-state index in [4.69, 9.17) is 11.6 Å². The number of rotatable bonds is 4. The van der Waals surface area contributed by atoms with E-state index in [0.29, 0.717) is 5.69 Å². The molecule has 118 valence electrons. The van der Waals surface area contributed by atoms with Crippen LogP contribution in [0.3, 0.4) is 0 Å². The highest BCUT2D eigenvalue weighted by Gasteiger charge is 2.21. The van der Waals surface area contributed by atoms with Gasteiger partial charge in [-0.15, -0.1) is 11.3 Å². The fourth-order valence-electron chi connectivity index (χ4n) is 1.93. The molecule has 23 heavy (non-hydrogen) atoms. The van der Waals surface area contributed by atoms with E-state index >= 15 is 0 Å². The van der Waals surface area contributed by atoms with Gasteiger partial charge in [-0.2, -0.15) is 0 Å². The minimum atomic E-state index is -4.07. The highest BCUT2D eigenvalue weighted by Crippen LogP contribution is 2.27. The standard InChI is InChI=1S/C15H10ClFN2O2S2/c16-11-6-7-14(12(17)8-11)23(20,21)19-15-18-13(9-22-15)10-4-2-1-3-5-10/h1-9H,(H,18,19). The van der Waals surface area contributed by atoms with Gasteiger partial charge in [0.2, 0.25) is 0 Å². The lowest BCUT2D eigenvalue weighted by molar-refractivity contribution is 0.570. The Labute approximate surface area is 141 Å². The Hall–Kier alpha value is -1.96. The van der Waals surface area contributed by atoms with Crippen molar-refractivity contribution in [3.05, 3.63) is 64.8 Å². The molecule has 4 nitrogen and oxygen atoms in total. The monoisotopic (exact) mass is 368 g/mol. The summed E-state index contributed by atoms with van der Waals surface area (Å²) in [5, 5.41) is 2.02. The zero-order valence-electron chi connectivity index (χ0n) is 11.5. The summed E-state index contributed by atoms with van der Waals surface area (Å²) in [6, 6.07) is 12.7. The van der Waals surface area contributed by atoms with Crippen molar-refractivity contribution in [1.29, 1.82) is 0 Å². The van der Waals surface area contributed by atoms with E-state index in [1.54, 1.807) is 5.38 Å². The minimum absolute atomic E-state index is 0.127. The van der Waals surface area contributed by atoms with Crippen molar-refractivity contribution in [2.24, 2.45) is 0 Å². The van der Waals surface area contributed by atoms with Crippen LogP contribution in [0.25, 0.3) is 11.3 Å². The van der Waals surface area contributed by atoms with E-state index in [-0.39, 0.29) is 10.2 Å². The zero-order chi connectivity index (χ0) is 16.4. The van der Waals surface area contributed by atoms with Gasteiger partial charge in [-0.1, -0.05) is 41.9 Å². The molecular formula is C15H10ClFN2O2S2. The van der Waals surface area contributed by atoms with Crippen LogP contribution in [0.4, 0.5) is 9.52 Å². The Kier molecular flexibility index (Phi) is 4.34. The van der Waals surface area contributed by atoms with Crippen LogP contribution in [0.5, 0.6) is 0 Å². The summed E-state index contributed by atoms with van der Waals surface area (Å²) in [4.78, 5) is 3.74. The highest BCUT2D eigenvalue weighted by molar-refractivity contribution is 7.93. The lowest BCUT2D eigenvalue weighted by Gasteiger charge is -2.06. The predicted molar refractivity (Wildman–Crippen MR) is 89.8 cm³/mol. The first-order valence-electron chi connectivity index (χ1n) is 6.44. The molecule has 0 aliphatic carbocycles. The van der Waals surface area contributed by atoms with Crippen LogP contribution in [0.1, 0.15) is 0 Å². The molecule has 3 rings (SSSR count). The molecule has 0 aliphatic rings. The zero-order valence-corrected chi connectivity index (χ0v) is 13.9. The van der Waals surface area contributed by atoms with Gasteiger partial charge < -0.3 is 0 Å². The van der Waals surface area contributed by atoms with Gasteiger partial charge in [0.1, 0.15) is 10.7 Å². The molecule has 3 aromatic rings. The fraction of sp³-hybridized carbons (Fsp3) is 0. The number of anilines is 1. The average molecular weight is 369 g/mol. The summed E-state index contributed by atoms with van der Waals surface area (Å²) >= 11 is 6.76. The Morgan fingerprint density at radius 3 is 2.57 bits per heavy atom. The lowest BCUT2D eigenvalue weighted by atomic mass is 10.2. The summed E-state index contributed by atoms with van der Waals surface area (Å²) < 4.78 is 40.6. The van der Waals surface area contributed by atoms with Gasteiger partial charge in [0, 0.05) is 16.0 Å². The Morgan fingerprint density at radius 2 is 1.87 bits per heavy atom. The third-order valence-corrected chi connectivity index (χ3v) is 5.47. The topological polar surface area (TPSA) is 59.1 Å². The Bertz CT molecular complexity index is 943. The lowest BCUT2D eigenvalue weighted by Crippen LogP contribution is -2.14. The fourth-order valence-corrected chi connectivity index (χ4v) is 4.12. The van der Waals surface area contributed by atoms with Crippen LogP contribution >= 0.6 is 22.9 Å². The van der Waals surface area contributed by atoms with Gasteiger partial charge in [0.25, 0.3) is 10.0 Å². The minimum Gasteiger partial charge on any atom is -0.255 e. The molecule has 0 unspecified atom stereocenters. The van der Waals surface area contributed by atoms with Crippen LogP contribution in [0.15, 0.2) is 58.8 Å². The van der Waals surface area contributed by atoms with E-state index in [2.05, 4.69) is 9.71 Å². The quantitative estimate of drug-likeness (QED) is 0.742. The maximum Gasteiger partial charge on any atom is 0.266 e. The number of benzene rings is 2. The Morgan fingerprint density at radius 1 is 1.13 bits per heavy atom. The van der Waals surface area contributed by atoms with Gasteiger partial charge >= 0.3 is 0 Å². The molecule has 1 aromatic heterocycles. The van der Waals surface area contributed by atoms with Gasteiger partial charge in [-0.05, 0) is 18.2 Å². The molecule has 0 bridgehead atoms. The number of aromatic nitrogens is 1. The number of hydrogen-bond acceptors (Lipinski definition) is 4. The van der Waals surface area contributed by atoms with E-state index in [1.807, 2.05) is 30.3 Å². The molecule has 0 fully saturated rings. The normalized spacial score (nSPS) is 11.4. The van der Waals surface area contributed by atoms with Crippen molar-refractivity contribution in [3.63, 3.8) is 0 Å². The number of hydrogen-bond donors (Lipinski definition) is 1. The number of thiazole rings is 1. The molecular weight excluding hydrogens is 359 g/mol. The molecule has 0 aliphatic heterocycles. The molecule has 0 atom stereocenters. The molecule has 0 radical (unpaired) electrons. The number of nitrogens with one attached hydrogen (secondary N) is 1. The number of nitrogens with zero attached hydrogens (tertiary/aromatic N) is 1. The summed E-state index contributed by atoms with van der Waals surface area (Å²) in [6.07, 6.45) is 0. The van der Waals surface area contributed by atoms with Crippen molar-refractivity contribution in [3.8, 4) is 11.3 Å². The van der Waals surface area contributed by atoms with E-state index in [9.17, 15) is 12.8 Å². The number of sulfonamides is 1. The Balaban J connectivity index is 1.88. The van der Waals surface area contributed by atoms with Crippen LogP contribution < -0.4 is 4.72 Å². The van der Waals surface area contributed by atoms with Gasteiger partial charge in [-0.25, -0.2) is 17.8 Å². The van der Waals surface area contributed by atoms with Crippen LogP contribution in [0.2, 0.25) is 5.02 Å². The molecule has 1 N–H and O–H groups in total. The van der Waals surface area contributed by atoms with Gasteiger partial charge in [-0.3, -0.25) is 4.72 Å². The maximum atomic E-state index is 13.8. The van der Waals surface area contributed by atoms with E-state index < -0.39 is 20.7 Å². The van der Waals surface area contributed by atoms with Crippen molar-refractivity contribution in [2.45, 2.75) is 4.90 Å². The first-order valence-corrected chi connectivity index (χ1v) is 9.18. The average Bonchev–Trinajstić information content (AvgIpc) is 2.95. The maximum absolute atomic E-state index is 13.8. The van der Waals surface area contributed by atoms with Crippen molar-refractivity contribution < 1.29 is 12.8 Å². The third kappa shape index (κ3) is 3.52. The van der Waals surface area contributed by atoms with Crippen LogP contribution in [-0.2, 0) is 10.0 Å². The van der Waals surface area contributed by atoms with Crippen molar-refractivity contribution in [2.75, 3.05) is 4.72 Å².